The third-order valence-electron chi connectivity index (χ3n) is 11.1. The molecule has 2 nitrogen and oxygen atoms in total. The summed E-state index contributed by atoms with van der Waals surface area (Å²) >= 11 is 0. The van der Waals surface area contributed by atoms with Crippen molar-refractivity contribution < 1.29 is 21.2 Å². The van der Waals surface area contributed by atoms with Gasteiger partial charge in [0.25, 0.3) is 0 Å². The number of unbranched alkanes of at least 4 members (excludes halogenated alkanes) is 14. The van der Waals surface area contributed by atoms with E-state index in [9.17, 15) is 5.53 Å². The molecule has 0 amide bonds. The van der Waals surface area contributed by atoms with Crippen LogP contribution in [0.2, 0.25) is 0 Å². The van der Waals surface area contributed by atoms with E-state index in [1.165, 1.54) is 160 Å². The van der Waals surface area contributed by atoms with E-state index in [4.69, 9.17) is 0 Å². The summed E-state index contributed by atoms with van der Waals surface area (Å²) in [5.41, 5.74) is 25.7. The van der Waals surface area contributed by atoms with Crippen molar-refractivity contribution in [3.8, 4) is 0 Å². The first-order valence-electron chi connectivity index (χ1n) is 24.1. The van der Waals surface area contributed by atoms with Crippen molar-refractivity contribution in [3.05, 3.63) is 100 Å². The molecule has 1 aliphatic heterocycles. The number of hydrogen-bond acceptors (Lipinski definition) is 0. The van der Waals surface area contributed by atoms with Crippen LogP contribution < -0.4 is 0 Å². The van der Waals surface area contributed by atoms with Crippen LogP contribution in [0.1, 0.15) is 243 Å². The Morgan fingerprint density at radius 1 is 0.368 bits per heavy atom. The Bertz CT molecular complexity index is 1370. The van der Waals surface area contributed by atoms with Gasteiger partial charge in [0, 0.05) is 22.3 Å². The third-order valence-corrected chi connectivity index (χ3v) is 11.1. The van der Waals surface area contributed by atoms with Crippen molar-refractivity contribution in [2.24, 2.45) is 0 Å². The smallest absolute Gasteiger partial charge is 0.493 e. The number of hydrogen-bond donors (Lipinski definition) is 0. The molecule has 0 saturated heterocycles. The summed E-state index contributed by atoms with van der Waals surface area (Å²) in [7, 11) is 0. The molecule has 0 aromatic heterocycles. The van der Waals surface area contributed by atoms with Crippen molar-refractivity contribution >= 4 is 11.4 Å². The maximum Gasteiger partial charge on any atom is 2.00 e. The van der Waals surface area contributed by atoms with Gasteiger partial charge in [0.05, 0.1) is 0 Å². The standard InChI is InChI=1S/C46H72N2.2C4H9.Ni/c1-7-13-19-20-21-24-30-44-43(29-18-12-6)45(41-33-37(25-16-10-4)31-39(35-41)27-22-14-8-2)48(47)46(44)42-34-38(26-17-11-5)32-40(36-42)28-23-15-9-3;2*1-3-4-2;/h31-36H,7-30H2,1-6H3;2*1,3-4H2,2H3;/q;2*-1;+2. The molecule has 0 spiro atoms. The van der Waals surface area contributed by atoms with Crippen LogP contribution in [0.15, 0.2) is 47.5 Å². The summed E-state index contributed by atoms with van der Waals surface area (Å²) in [5.74, 6) is 0. The Morgan fingerprint density at radius 2 is 0.632 bits per heavy atom. The van der Waals surface area contributed by atoms with Crippen LogP contribution in [0.5, 0.6) is 0 Å². The first-order chi connectivity index (χ1) is 27.3. The van der Waals surface area contributed by atoms with E-state index in [1.54, 1.807) is 4.70 Å². The van der Waals surface area contributed by atoms with Gasteiger partial charge in [-0.05, 0) is 124 Å². The van der Waals surface area contributed by atoms with Crippen LogP contribution in [-0.4, -0.2) is 4.70 Å². The van der Waals surface area contributed by atoms with E-state index in [0.717, 1.165) is 75.6 Å². The minimum atomic E-state index is 0. The van der Waals surface area contributed by atoms with Gasteiger partial charge in [-0.3, -0.25) is 0 Å². The largest absolute Gasteiger partial charge is 2.00 e. The fourth-order valence-corrected chi connectivity index (χ4v) is 7.52. The fourth-order valence-electron chi connectivity index (χ4n) is 7.52. The first-order valence-corrected chi connectivity index (χ1v) is 24.1. The minimum Gasteiger partial charge on any atom is -0.493 e. The maximum absolute atomic E-state index is 12.5. The van der Waals surface area contributed by atoms with Gasteiger partial charge in [-0.15, -0.1) is 0 Å². The molecule has 57 heavy (non-hydrogen) atoms. The zero-order valence-corrected chi connectivity index (χ0v) is 39.9. The molecule has 0 bridgehead atoms. The molecule has 1 aliphatic rings. The summed E-state index contributed by atoms with van der Waals surface area (Å²) in [6, 6.07) is 14.6. The van der Waals surface area contributed by atoms with Gasteiger partial charge in [-0.25, -0.2) is 4.70 Å². The van der Waals surface area contributed by atoms with Gasteiger partial charge in [0.2, 0.25) is 11.4 Å². The van der Waals surface area contributed by atoms with E-state index in [-0.39, 0.29) is 16.5 Å². The fraction of sp³-hybridized carbons (Fsp3) is 0.667. The summed E-state index contributed by atoms with van der Waals surface area (Å²) in [5, 5.41) is 0. The normalized spacial score (nSPS) is 12.4. The van der Waals surface area contributed by atoms with E-state index in [0.29, 0.717) is 0 Å². The molecule has 3 heteroatoms. The van der Waals surface area contributed by atoms with Crippen molar-refractivity contribution in [2.45, 2.75) is 235 Å². The van der Waals surface area contributed by atoms with Gasteiger partial charge < -0.3 is 19.4 Å². The molecule has 1 heterocycles. The quantitative estimate of drug-likeness (QED) is 0.0353. The van der Waals surface area contributed by atoms with Gasteiger partial charge in [-0.1, -0.05) is 157 Å². The summed E-state index contributed by atoms with van der Waals surface area (Å²) in [6.07, 6.45) is 33.5. The Morgan fingerprint density at radius 3 is 0.982 bits per heavy atom. The van der Waals surface area contributed by atoms with Gasteiger partial charge >= 0.3 is 16.5 Å². The number of nitrogens with zero attached hydrogens (tertiary/aromatic N) is 2. The number of aryl methyl sites for hydroxylation is 4. The summed E-state index contributed by atoms with van der Waals surface area (Å²) < 4.78 is 1.67. The molecular formula is C54H90N2Ni. The molecule has 0 aliphatic carbocycles. The average Bonchev–Trinajstić information content (AvgIpc) is 3.49. The molecule has 0 saturated carbocycles. The minimum absolute atomic E-state index is 0. The van der Waals surface area contributed by atoms with Crippen LogP contribution >= 0.6 is 0 Å². The zero-order chi connectivity index (χ0) is 41.4. The molecule has 0 N–H and O–H groups in total. The Labute approximate surface area is 366 Å². The second-order valence-corrected chi connectivity index (χ2v) is 16.5. The van der Waals surface area contributed by atoms with Crippen molar-refractivity contribution in [2.75, 3.05) is 0 Å². The molecule has 0 fully saturated rings. The van der Waals surface area contributed by atoms with Crippen molar-refractivity contribution in [3.63, 3.8) is 0 Å². The number of rotatable bonds is 28. The average molecular weight is 826 g/mol. The van der Waals surface area contributed by atoms with Crippen molar-refractivity contribution in [1.29, 1.82) is 0 Å². The van der Waals surface area contributed by atoms with Crippen LogP contribution in [0.3, 0.4) is 0 Å². The van der Waals surface area contributed by atoms with Crippen LogP contribution in [0.4, 0.5) is 0 Å². The van der Waals surface area contributed by atoms with E-state index in [1.807, 2.05) is 0 Å². The number of benzene rings is 2. The van der Waals surface area contributed by atoms with Crippen molar-refractivity contribution in [1.82, 2.24) is 0 Å². The van der Waals surface area contributed by atoms with Gasteiger partial charge in [0.1, 0.15) is 0 Å². The molecule has 0 atom stereocenters. The predicted molar refractivity (Wildman–Crippen MR) is 252 cm³/mol. The van der Waals surface area contributed by atoms with Gasteiger partial charge in [0.15, 0.2) is 0 Å². The zero-order valence-electron chi connectivity index (χ0n) is 38.9. The van der Waals surface area contributed by atoms with E-state index >= 15 is 0 Å². The third kappa shape index (κ3) is 21.7. The molecule has 0 unspecified atom stereocenters. The molecule has 2 aromatic rings. The number of allylic oxidation sites excluding steroid dienone is 2. The van der Waals surface area contributed by atoms with Crippen LogP contribution in [0, 0.1) is 13.8 Å². The monoisotopic (exact) mass is 825 g/mol. The maximum atomic E-state index is 12.5. The Hall–Kier alpha value is -1.99. The first kappa shape index (κ1) is 55.0. The van der Waals surface area contributed by atoms with E-state index in [2.05, 4.69) is 106 Å². The molecule has 0 radical (unpaired) electrons. The van der Waals surface area contributed by atoms with E-state index < -0.39 is 0 Å². The topological polar surface area (TPSA) is 25.3 Å². The van der Waals surface area contributed by atoms with Crippen LogP contribution in [0.25, 0.3) is 16.9 Å². The summed E-state index contributed by atoms with van der Waals surface area (Å²) in [6.45, 7) is 25.2. The second-order valence-electron chi connectivity index (χ2n) is 16.5. The molecule has 3 rings (SSSR count). The Balaban J connectivity index is 0.00000317. The Kier molecular flexibility index (Phi) is 34.7. The predicted octanol–water partition coefficient (Wildman–Crippen LogP) is 18.2. The molecule has 2 aromatic carbocycles. The van der Waals surface area contributed by atoms with Crippen LogP contribution in [-0.2, 0) is 42.2 Å². The molecule has 326 valence electrons. The summed E-state index contributed by atoms with van der Waals surface area (Å²) in [4.78, 5) is 0. The van der Waals surface area contributed by atoms with Gasteiger partial charge in [-0.2, -0.15) is 12.8 Å². The second kappa shape index (κ2) is 35.9. The molecular weight excluding hydrogens is 735 g/mol. The SMILES string of the molecule is CCCCCCCCC1=C(c2cc(CCCC)cc(CCCCC)c2)[N+](=[N-])C(c2cc(CCCC)cc(CCCCC)c2)=C1CCCC.[CH2-]CCC.[CH2-]CCC.[Ni+2].